The zero-order chi connectivity index (χ0) is 26.1. The number of carbonyl (C=O) groups excluding carboxylic acids is 1. The summed E-state index contributed by atoms with van der Waals surface area (Å²) in [7, 11) is 0. The van der Waals surface area contributed by atoms with E-state index in [-0.39, 0.29) is 23.7 Å². The van der Waals surface area contributed by atoms with Gasteiger partial charge in [0, 0.05) is 23.1 Å². The first-order valence-electron chi connectivity index (χ1n) is 13.0. The van der Waals surface area contributed by atoms with E-state index in [9.17, 15) is 9.18 Å². The molecule has 2 aliphatic rings. The molecular formula is C31H30FN3O3. The third-order valence-corrected chi connectivity index (χ3v) is 7.57. The number of aryl methyl sites for hydroxylation is 1. The Balaban J connectivity index is 1.35. The van der Waals surface area contributed by atoms with Gasteiger partial charge < -0.3 is 14.8 Å². The number of amides is 1. The zero-order valence-corrected chi connectivity index (χ0v) is 21.4. The number of nitrogens with zero attached hydrogens (tertiary/aromatic N) is 2. The van der Waals surface area contributed by atoms with Crippen LogP contribution in [0.4, 0.5) is 10.1 Å². The molecule has 1 aromatic heterocycles. The molecule has 1 aliphatic carbocycles. The lowest BCUT2D eigenvalue weighted by molar-refractivity contribution is -0.118. The van der Waals surface area contributed by atoms with Crippen molar-refractivity contribution in [1.29, 1.82) is 0 Å². The standard InChI is InChI=1S/C31H30FN3O3/c1-21-29(24-10-13-27-26(16-24)33-28(36)18-38-27)30(23-8-11-25(32)12-9-23)35(34-21)19-31(14-5-15-31)20-37-17-22-6-3-2-4-7-22/h2-4,6-13,16H,5,14-15,17-20H2,1H3,(H,33,36). The molecule has 0 bridgehead atoms. The van der Waals surface area contributed by atoms with Gasteiger partial charge in [0.15, 0.2) is 6.61 Å². The van der Waals surface area contributed by atoms with Gasteiger partial charge in [0.2, 0.25) is 0 Å². The number of fused-ring (bicyclic) bond motifs is 1. The van der Waals surface area contributed by atoms with E-state index >= 15 is 0 Å². The smallest absolute Gasteiger partial charge is 0.262 e. The first-order valence-corrected chi connectivity index (χ1v) is 13.0. The number of aromatic nitrogens is 2. The van der Waals surface area contributed by atoms with E-state index in [0.717, 1.165) is 52.9 Å². The highest BCUT2D eigenvalue weighted by atomic mass is 19.1. The number of nitrogens with one attached hydrogen (secondary N) is 1. The van der Waals surface area contributed by atoms with Gasteiger partial charge in [-0.3, -0.25) is 9.48 Å². The van der Waals surface area contributed by atoms with Gasteiger partial charge in [0.1, 0.15) is 11.6 Å². The van der Waals surface area contributed by atoms with Crippen molar-refractivity contribution in [2.75, 3.05) is 18.5 Å². The second-order valence-electron chi connectivity index (χ2n) is 10.4. The lowest BCUT2D eigenvalue weighted by Gasteiger charge is -2.41. The SMILES string of the molecule is Cc1nn(CC2(COCc3ccccc3)CCC2)c(-c2ccc(F)cc2)c1-c1ccc2c(c1)NC(=O)CO2. The maximum Gasteiger partial charge on any atom is 0.262 e. The molecule has 6 rings (SSSR count). The van der Waals surface area contributed by atoms with Crippen LogP contribution in [-0.4, -0.2) is 28.9 Å². The lowest BCUT2D eigenvalue weighted by Crippen LogP contribution is -2.39. The Hall–Kier alpha value is -3.97. The van der Waals surface area contributed by atoms with Crippen LogP contribution in [0, 0.1) is 18.2 Å². The Labute approximate surface area is 221 Å². The lowest BCUT2D eigenvalue weighted by atomic mass is 9.69. The molecule has 0 unspecified atom stereocenters. The van der Waals surface area contributed by atoms with Gasteiger partial charge >= 0.3 is 0 Å². The molecule has 1 fully saturated rings. The molecule has 2 heterocycles. The van der Waals surface area contributed by atoms with Crippen LogP contribution in [0.15, 0.2) is 72.8 Å². The summed E-state index contributed by atoms with van der Waals surface area (Å²) in [5.74, 6) is 0.186. The Morgan fingerprint density at radius 1 is 1.05 bits per heavy atom. The molecule has 1 N–H and O–H groups in total. The van der Waals surface area contributed by atoms with Crippen molar-refractivity contribution in [3.05, 3.63) is 89.9 Å². The minimum atomic E-state index is -0.281. The number of anilines is 1. The van der Waals surface area contributed by atoms with Gasteiger partial charge in [-0.1, -0.05) is 42.8 Å². The van der Waals surface area contributed by atoms with E-state index < -0.39 is 0 Å². The van der Waals surface area contributed by atoms with Crippen LogP contribution in [0.1, 0.15) is 30.5 Å². The maximum atomic E-state index is 13.9. The van der Waals surface area contributed by atoms with Crippen LogP contribution in [0.5, 0.6) is 5.75 Å². The summed E-state index contributed by atoms with van der Waals surface area (Å²) >= 11 is 0. The van der Waals surface area contributed by atoms with Crippen LogP contribution in [0.25, 0.3) is 22.4 Å². The van der Waals surface area contributed by atoms with E-state index in [1.165, 1.54) is 12.1 Å². The topological polar surface area (TPSA) is 65.4 Å². The van der Waals surface area contributed by atoms with Crippen LogP contribution in [0.2, 0.25) is 0 Å². The predicted octanol–water partition coefficient (Wildman–Crippen LogP) is 6.38. The second kappa shape index (κ2) is 10.1. The highest BCUT2D eigenvalue weighted by Gasteiger charge is 2.39. The van der Waals surface area contributed by atoms with Gasteiger partial charge in [-0.05, 0) is 67.3 Å². The Bertz CT molecular complexity index is 1460. The molecular weight excluding hydrogens is 481 g/mol. The van der Waals surface area contributed by atoms with Crippen molar-refractivity contribution < 1.29 is 18.7 Å². The fourth-order valence-corrected chi connectivity index (χ4v) is 5.48. The van der Waals surface area contributed by atoms with E-state index in [0.29, 0.717) is 31.2 Å². The number of ether oxygens (including phenoxy) is 2. The van der Waals surface area contributed by atoms with Crippen molar-refractivity contribution >= 4 is 11.6 Å². The highest BCUT2D eigenvalue weighted by Crippen LogP contribution is 2.45. The summed E-state index contributed by atoms with van der Waals surface area (Å²) in [6, 6.07) is 22.6. The average Bonchev–Trinajstić information content (AvgIpc) is 3.23. The van der Waals surface area contributed by atoms with Crippen molar-refractivity contribution in [1.82, 2.24) is 9.78 Å². The Morgan fingerprint density at radius 3 is 2.55 bits per heavy atom. The molecule has 4 aromatic rings. The molecule has 1 aliphatic heterocycles. The van der Waals surface area contributed by atoms with E-state index in [1.807, 2.05) is 43.3 Å². The number of carbonyl (C=O) groups is 1. The number of halogens is 1. The third kappa shape index (κ3) is 4.82. The zero-order valence-electron chi connectivity index (χ0n) is 21.4. The highest BCUT2D eigenvalue weighted by molar-refractivity contribution is 5.97. The number of benzene rings is 3. The predicted molar refractivity (Wildman–Crippen MR) is 144 cm³/mol. The van der Waals surface area contributed by atoms with Crippen molar-refractivity contribution in [2.24, 2.45) is 5.41 Å². The summed E-state index contributed by atoms with van der Waals surface area (Å²) < 4.78 is 27.7. The van der Waals surface area contributed by atoms with Crippen molar-refractivity contribution in [3.63, 3.8) is 0 Å². The molecule has 3 aromatic carbocycles. The molecule has 0 spiro atoms. The molecule has 38 heavy (non-hydrogen) atoms. The minimum absolute atomic E-state index is 0.00302. The molecule has 0 atom stereocenters. The summed E-state index contributed by atoms with van der Waals surface area (Å²) in [5.41, 5.74) is 6.36. The number of rotatable bonds is 8. The van der Waals surface area contributed by atoms with Crippen LogP contribution >= 0.6 is 0 Å². The Kier molecular flexibility index (Phi) is 6.45. The van der Waals surface area contributed by atoms with Crippen LogP contribution in [0.3, 0.4) is 0 Å². The normalized spacial score (nSPS) is 15.8. The van der Waals surface area contributed by atoms with Crippen molar-refractivity contribution in [2.45, 2.75) is 39.3 Å². The molecule has 1 amide bonds. The molecule has 194 valence electrons. The number of hydrogen-bond donors (Lipinski definition) is 1. The molecule has 0 saturated heterocycles. The fourth-order valence-electron chi connectivity index (χ4n) is 5.48. The van der Waals surface area contributed by atoms with Gasteiger partial charge in [-0.25, -0.2) is 4.39 Å². The average molecular weight is 512 g/mol. The van der Waals surface area contributed by atoms with Gasteiger partial charge in [0.25, 0.3) is 5.91 Å². The van der Waals surface area contributed by atoms with Crippen molar-refractivity contribution in [3.8, 4) is 28.1 Å². The molecule has 1 saturated carbocycles. The first-order chi connectivity index (χ1) is 18.5. The van der Waals surface area contributed by atoms with Gasteiger partial charge in [0.05, 0.1) is 30.3 Å². The summed E-state index contributed by atoms with van der Waals surface area (Å²) in [6.45, 7) is 3.95. The summed E-state index contributed by atoms with van der Waals surface area (Å²) in [6.07, 6.45) is 3.31. The molecule has 0 radical (unpaired) electrons. The first kappa shape index (κ1) is 24.4. The van der Waals surface area contributed by atoms with E-state index in [4.69, 9.17) is 14.6 Å². The largest absolute Gasteiger partial charge is 0.482 e. The van der Waals surface area contributed by atoms with Crippen LogP contribution < -0.4 is 10.1 Å². The van der Waals surface area contributed by atoms with Gasteiger partial charge in [-0.15, -0.1) is 0 Å². The summed E-state index contributed by atoms with van der Waals surface area (Å²) in [4.78, 5) is 11.9. The van der Waals surface area contributed by atoms with Crippen LogP contribution in [-0.2, 0) is 22.7 Å². The molecule has 7 heteroatoms. The maximum absolute atomic E-state index is 13.9. The van der Waals surface area contributed by atoms with Gasteiger partial charge in [-0.2, -0.15) is 5.10 Å². The third-order valence-electron chi connectivity index (χ3n) is 7.57. The minimum Gasteiger partial charge on any atom is -0.482 e. The van der Waals surface area contributed by atoms with E-state index in [2.05, 4.69) is 22.1 Å². The van der Waals surface area contributed by atoms with E-state index in [1.54, 1.807) is 12.1 Å². The molecule has 6 nitrogen and oxygen atoms in total. The monoisotopic (exact) mass is 511 g/mol. The second-order valence-corrected chi connectivity index (χ2v) is 10.4. The Morgan fingerprint density at radius 2 is 1.82 bits per heavy atom. The summed E-state index contributed by atoms with van der Waals surface area (Å²) in [5, 5.41) is 7.89. The number of hydrogen-bond acceptors (Lipinski definition) is 4. The fraction of sp³-hybridized carbons (Fsp3) is 0.290. The quantitative estimate of drug-likeness (QED) is 0.298.